The fourth-order valence-electron chi connectivity index (χ4n) is 1.39. The van der Waals surface area contributed by atoms with Gasteiger partial charge in [-0.15, -0.1) is 0 Å². The third-order valence-corrected chi connectivity index (χ3v) is 2.47. The number of aromatic nitrogens is 2. The second-order valence-corrected chi connectivity index (χ2v) is 3.91. The van der Waals surface area contributed by atoms with E-state index in [0.29, 0.717) is 0 Å². The van der Waals surface area contributed by atoms with E-state index in [-0.39, 0.29) is 0 Å². The van der Waals surface area contributed by atoms with Crippen molar-refractivity contribution in [1.82, 2.24) is 9.97 Å². The minimum absolute atomic E-state index is 0.745. The Balaban J connectivity index is 2.28. The van der Waals surface area contributed by atoms with Crippen LogP contribution in [0.3, 0.4) is 0 Å². The average molecular weight is 231 g/mol. The van der Waals surface area contributed by atoms with Gasteiger partial charge in [-0.1, -0.05) is 23.7 Å². The molecule has 0 atom stereocenters. The smallest absolute Gasteiger partial charge is 0.0842 e. The van der Waals surface area contributed by atoms with Gasteiger partial charge in [-0.05, 0) is 36.3 Å². The molecule has 0 fully saturated rings. The van der Waals surface area contributed by atoms with Gasteiger partial charge in [-0.3, -0.25) is 9.97 Å². The number of rotatable bonds is 2. The third-order valence-electron chi connectivity index (χ3n) is 2.22. The second kappa shape index (κ2) is 4.90. The Bertz CT molecular complexity index is 489. The van der Waals surface area contributed by atoms with Crippen LogP contribution in [0.15, 0.2) is 42.9 Å². The number of benzene rings is 1. The van der Waals surface area contributed by atoms with E-state index in [1.165, 1.54) is 0 Å². The summed E-state index contributed by atoms with van der Waals surface area (Å²) in [5.74, 6) is 0. The molecule has 1 aromatic carbocycles. The molecule has 2 aromatic rings. The normalized spacial score (nSPS) is 11.5. The zero-order valence-corrected chi connectivity index (χ0v) is 9.65. The predicted octanol–water partition coefficient (Wildman–Crippen LogP) is 3.69. The van der Waals surface area contributed by atoms with Gasteiger partial charge in [0.05, 0.1) is 11.9 Å². The Hall–Kier alpha value is -1.67. The molecule has 3 heteroatoms. The molecule has 0 spiro atoms. The number of nitrogens with zero attached hydrogens (tertiary/aromatic N) is 2. The van der Waals surface area contributed by atoms with Crippen LogP contribution in [0.25, 0.3) is 11.6 Å². The fraction of sp³-hybridized carbons (Fsp3) is 0.0769. The monoisotopic (exact) mass is 230 g/mol. The predicted molar refractivity (Wildman–Crippen MR) is 67.0 cm³/mol. The summed E-state index contributed by atoms with van der Waals surface area (Å²) >= 11 is 5.82. The van der Waals surface area contributed by atoms with E-state index < -0.39 is 0 Å². The minimum Gasteiger partial charge on any atom is -0.261 e. The molecule has 0 saturated heterocycles. The van der Waals surface area contributed by atoms with Crippen LogP contribution in [0.2, 0.25) is 5.02 Å². The van der Waals surface area contributed by atoms with Crippen molar-refractivity contribution in [3.8, 4) is 0 Å². The number of hydrogen-bond donors (Lipinski definition) is 0. The van der Waals surface area contributed by atoms with Crippen molar-refractivity contribution in [3.05, 3.63) is 59.1 Å². The average Bonchev–Trinajstić information content (AvgIpc) is 2.33. The molecule has 0 aliphatic rings. The van der Waals surface area contributed by atoms with Crippen molar-refractivity contribution in [2.45, 2.75) is 6.92 Å². The van der Waals surface area contributed by atoms with E-state index in [4.69, 9.17) is 11.6 Å². The highest BCUT2D eigenvalue weighted by Gasteiger charge is 1.97. The Kier molecular flexibility index (Phi) is 3.32. The van der Waals surface area contributed by atoms with Crippen LogP contribution in [0, 0.1) is 0 Å². The molecular weight excluding hydrogens is 220 g/mol. The van der Waals surface area contributed by atoms with E-state index in [1.807, 2.05) is 31.2 Å². The molecule has 2 rings (SSSR count). The third kappa shape index (κ3) is 2.67. The van der Waals surface area contributed by atoms with Crippen LogP contribution in [0.1, 0.15) is 18.2 Å². The topological polar surface area (TPSA) is 25.8 Å². The largest absolute Gasteiger partial charge is 0.261 e. The molecule has 0 saturated carbocycles. The summed E-state index contributed by atoms with van der Waals surface area (Å²) in [6.45, 7) is 2.01. The minimum atomic E-state index is 0.745. The molecule has 0 aliphatic heterocycles. The van der Waals surface area contributed by atoms with Gasteiger partial charge in [-0.2, -0.15) is 0 Å². The maximum absolute atomic E-state index is 5.82. The van der Waals surface area contributed by atoms with Crippen LogP contribution < -0.4 is 0 Å². The maximum Gasteiger partial charge on any atom is 0.0842 e. The van der Waals surface area contributed by atoms with Crippen LogP contribution in [0.4, 0.5) is 0 Å². The molecule has 1 aromatic heterocycles. The molecular formula is C13H11ClN2. The van der Waals surface area contributed by atoms with Crippen LogP contribution in [0.5, 0.6) is 0 Å². The fourth-order valence-corrected chi connectivity index (χ4v) is 1.51. The number of hydrogen-bond acceptors (Lipinski definition) is 2. The molecule has 0 radical (unpaired) electrons. The van der Waals surface area contributed by atoms with Crippen molar-refractivity contribution in [3.63, 3.8) is 0 Å². The molecule has 2 nitrogen and oxygen atoms in total. The second-order valence-electron chi connectivity index (χ2n) is 3.47. The summed E-state index contributed by atoms with van der Waals surface area (Å²) < 4.78 is 0. The zero-order valence-electron chi connectivity index (χ0n) is 8.89. The molecule has 0 N–H and O–H groups in total. The van der Waals surface area contributed by atoms with Crippen molar-refractivity contribution in [2.24, 2.45) is 0 Å². The van der Waals surface area contributed by atoms with Gasteiger partial charge in [0.15, 0.2) is 0 Å². The van der Waals surface area contributed by atoms with Crippen molar-refractivity contribution in [2.75, 3.05) is 0 Å². The van der Waals surface area contributed by atoms with Gasteiger partial charge in [0.25, 0.3) is 0 Å². The lowest BCUT2D eigenvalue weighted by molar-refractivity contribution is 1.17. The van der Waals surface area contributed by atoms with E-state index in [9.17, 15) is 0 Å². The van der Waals surface area contributed by atoms with E-state index in [0.717, 1.165) is 21.9 Å². The standard InChI is InChI=1S/C13H11ClN2/c1-10(13-9-15-6-7-16-13)8-11-2-4-12(14)5-3-11/h2-9H,1H3. The van der Waals surface area contributed by atoms with Crippen LogP contribution in [-0.4, -0.2) is 9.97 Å². The SMILES string of the molecule is CC(=Cc1ccc(Cl)cc1)c1cnccn1. The highest BCUT2D eigenvalue weighted by Crippen LogP contribution is 2.16. The first-order chi connectivity index (χ1) is 7.75. The van der Waals surface area contributed by atoms with Crippen LogP contribution in [-0.2, 0) is 0 Å². The Morgan fingerprint density at radius 2 is 1.94 bits per heavy atom. The molecule has 0 bridgehead atoms. The zero-order chi connectivity index (χ0) is 11.4. The summed E-state index contributed by atoms with van der Waals surface area (Å²) in [6.07, 6.45) is 7.16. The Labute approximate surface area is 99.6 Å². The van der Waals surface area contributed by atoms with Crippen LogP contribution >= 0.6 is 11.6 Å². The van der Waals surface area contributed by atoms with Crippen molar-refractivity contribution >= 4 is 23.3 Å². The number of halogens is 1. The molecule has 0 unspecified atom stereocenters. The summed E-state index contributed by atoms with van der Waals surface area (Å²) in [5, 5.41) is 0.745. The quantitative estimate of drug-likeness (QED) is 0.786. The molecule has 16 heavy (non-hydrogen) atoms. The summed E-state index contributed by atoms with van der Waals surface area (Å²) in [5.41, 5.74) is 3.07. The molecule has 0 aliphatic carbocycles. The van der Waals surface area contributed by atoms with Gasteiger partial charge in [-0.25, -0.2) is 0 Å². The van der Waals surface area contributed by atoms with E-state index in [2.05, 4.69) is 16.0 Å². The summed E-state index contributed by atoms with van der Waals surface area (Å²) in [4.78, 5) is 8.27. The highest BCUT2D eigenvalue weighted by atomic mass is 35.5. The lowest BCUT2D eigenvalue weighted by Gasteiger charge is -2.00. The van der Waals surface area contributed by atoms with E-state index >= 15 is 0 Å². The Morgan fingerprint density at radius 1 is 1.19 bits per heavy atom. The number of allylic oxidation sites excluding steroid dienone is 1. The first-order valence-electron chi connectivity index (χ1n) is 4.96. The first kappa shape index (κ1) is 10.8. The molecule has 80 valence electrons. The lowest BCUT2D eigenvalue weighted by Crippen LogP contribution is -1.86. The van der Waals surface area contributed by atoms with E-state index in [1.54, 1.807) is 18.6 Å². The first-order valence-corrected chi connectivity index (χ1v) is 5.34. The summed E-state index contributed by atoms with van der Waals surface area (Å²) in [7, 11) is 0. The maximum atomic E-state index is 5.82. The molecule has 1 heterocycles. The highest BCUT2D eigenvalue weighted by molar-refractivity contribution is 6.30. The summed E-state index contributed by atoms with van der Waals surface area (Å²) in [6, 6.07) is 7.69. The lowest BCUT2D eigenvalue weighted by atomic mass is 10.1. The van der Waals surface area contributed by atoms with Gasteiger partial charge in [0.1, 0.15) is 0 Å². The Morgan fingerprint density at radius 3 is 2.56 bits per heavy atom. The van der Waals surface area contributed by atoms with Gasteiger partial charge < -0.3 is 0 Å². The van der Waals surface area contributed by atoms with Gasteiger partial charge in [0, 0.05) is 17.4 Å². The van der Waals surface area contributed by atoms with Crippen molar-refractivity contribution in [1.29, 1.82) is 0 Å². The molecule has 0 amide bonds. The van der Waals surface area contributed by atoms with Crippen molar-refractivity contribution < 1.29 is 0 Å². The van der Waals surface area contributed by atoms with Gasteiger partial charge >= 0.3 is 0 Å². The van der Waals surface area contributed by atoms with Gasteiger partial charge in [0.2, 0.25) is 0 Å².